The van der Waals surface area contributed by atoms with Crippen LogP contribution in [0.25, 0.3) is 0 Å². The number of nitrogens with one attached hydrogen (secondary N) is 1. The maximum Gasteiger partial charge on any atom is 0.573 e. The predicted octanol–water partition coefficient (Wildman–Crippen LogP) is 3.29. The highest BCUT2D eigenvalue weighted by atomic mass is 19.4. The standard InChI is InChI=1S/C17H21F3N2O2/c18-17(19,20)24-15-11-13(12-5-7-21-8-6-12)3-4-14(15)16(23)22-9-1-2-10-22/h3-4,11-12,21H,1-2,5-10H2. The highest BCUT2D eigenvalue weighted by Crippen LogP contribution is 2.34. The third-order valence-electron chi connectivity index (χ3n) is 4.67. The van der Waals surface area contributed by atoms with Gasteiger partial charge in [0.25, 0.3) is 5.91 Å². The summed E-state index contributed by atoms with van der Waals surface area (Å²) in [7, 11) is 0. The number of nitrogens with zero attached hydrogens (tertiary/aromatic N) is 1. The Morgan fingerprint density at radius 3 is 2.46 bits per heavy atom. The van der Waals surface area contributed by atoms with Gasteiger partial charge in [-0.05, 0) is 62.4 Å². The van der Waals surface area contributed by atoms with Gasteiger partial charge in [-0.15, -0.1) is 13.2 Å². The summed E-state index contributed by atoms with van der Waals surface area (Å²) in [5.41, 5.74) is 0.792. The molecular weight excluding hydrogens is 321 g/mol. The molecule has 4 nitrogen and oxygen atoms in total. The molecule has 132 valence electrons. The van der Waals surface area contributed by atoms with Crippen LogP contribution in [0.2, 0.25) is 0 Å². The van der Waals surface area contributed by atoms with Crippen LogP contribution in [-0.2, 0) is 0 Å². The van der Waals surface area contributed by atoms with Crippen molar-refractivity contribution in [3.8, 4) is 5.75 Å². The van der Waals surface area contributed by atoms with Crippen molar-refractivity contribution in [3.05, 3.63) is 29.3 Å². The summed E-state index contributed by atoms with van der Waals surface area (Å²) < 4.78 is 42.5. The van der Waals surface area contributed by atoms with Gasteiger partial charge in [0, 0.05) is 13.1 Å². The lowest BCUT2D eigenvalue weighted by atomic mass is 9.89. The molecule has 24 heavy (non-hydrogen) atoms. The van der Waals surface area contributed by atoms with Crippen LogP contribution in [0.1, 0.15) is 47.5 Å². The van der Waals surface area contributed by atoms with Gasteiger partial charge < -0.3 is 15.0 Å². The Morgan fingerprint density at radius 2 is 1.83 bits per heavy atom. The second-order valence-electron chi connectivity index (χ2n) is 6.33. The normalized spacial score (nSPS) is 19.5. The van der Waals surface area contributed by atoms with E-state index in [4.69, 9.17) is 0 Å². The average Bonchev–Trinajstić information content (AvgIpc) is 3.08. The lowest BCUT2D eigenvalue weighted by Gasteiger charge is -2.25. The smallest absolute Gasteiger partial charge is 0.405 e. The number of hydrogen-bond acceptors (Lipinski definition) is 3. The summed E-state index contributed by atoms with van der Waals surface area (Å²) in [6, 6.07) is 4.65. The van der Waals surface area contributed by atoms with Gasteiger partial charge in [0.05, 0.1) is 5.56 Å². The van der Waals surface area contributed by atoms with E-state index in [1.165, 1.54) is 12.1 Å². The van der Waals surface area contributed by atoms with E-state index in [-0.39, 0.29) is 23.1 Å². The number of halogens is 3. The Morgan fingerprint density at radius 1 is 1.17 bits per heavy atom. The molecule has 1 aromatic rings. The first-order valence-corrected chi connectivity index (χ1v) is 8.34. The Hall–Kier alpha value is -1.76. The van der Waals surface area contributed by atoms with Crippen LogP contribution >= 0.6 is 0 Å². The summed E-state index contributed by atoms with van der Waals surface area (Å²) in [6.45, 7) is 2.85. The van der Waals surface area contributed by atoms with Gasteiger partial charge in [0.1, 0.15) is 5.75 Å². The number of likely N-dealkylation sites (tertiary alicyclic amines) is 1. The quantitative estimate of drug-likeness (QED) is 0.916. The molecule has 0 aromatic heterocycles. The topological polar surface area (TPSA) is 41.6 Å². The van der Waals surface area contributed by atoms with Crippen molar-refractivity contribution < 1.29 is 22.7 Å². The lowest BCUT2D eigenvalue weighted by Crippen LogP contribution is -2.29. The second-order valence-corrected chi connectivity index (χ2v) is 6.33. The molecule has 0 atom stereocenters. The van der Waals surface area contributed by atoms with Crippen LogP contribution < -0.4 is 10.1 Å². The Balaban J connectivity index is 1.90. The van der Waals surface area contributed by atoms with Crippen molar-refractivity contribution in [2.45, 2.75) is 38.0 Å². The monoisotopic (exact) mass is 342 g/mol. The molecule has 1 N–H and O–H groups in total. The summed E-state index contributed by atoms with van der Waals surface area (Å²) in [5.74, 6) is -0.572. The summed E-state index contributed by atoms with van der Waals surface area (Å²) >= 11 is 0. The molecule has 7 heteroatoms. The van der Waals surface area contributed by atoms with Crippen LogP contribution in [0.3, 0.4) is 0 Å². The number of rotatable bonds is 3. The van der Waals surface area contributed by atoms with E-state index in [0.29, 0.717) is 13.1 Å². The van der Waals surface area contributed by atoms with E-state index >= 15 is 0 Å². The zero-order chi connectivity index (χ0) is 17.2. The molecule has 2 aliphatic heterocycles. The van der Waals surface area contributed by atoms with Crippen molar-refractivity contribution in [2.24, 2.45) is 0 Å². The summed E-state index contributed by atoms with van der Waals surface area (Å²) in [4.78, 5) is 14.1. The van der Waals surface area contributed by atoms with Gasteiger partial charge in [-0.25, -0.2) is 0 Å². The lowest BCUT2D eigenvalue weighted by molar-refractivity contribution is -0.274. The number of benzene rings is 1. The molecule has 0 bridgehead atoms. The van der Waals surface area contributed by atoms with E-state index < -0.39 is 6.36 Å². The first kappa shape index (κ1) is 17.1. The van der Waals surface area contributed by atoms with Gasteiger partial charge in [-0.3, -0.25) is 4.79 Å². The Labute approximate surface area is 139 Å². The second kappa shape index (κ2) is 7.01. The van der Waals surface area contributed by atoms with Crippen LogP contribution in [0, 0.1) is 0 Å². The Bertz CT molecular complexity index is 592. The first-order chi connectivity index (χ1) is 11.4. The van der Waals surface area contributed by atoms with Crippen LogP contribution in [0.15, 0.2) is 18.2 Å². The third-order valence-corrected chi connectivity index (χ3v) is 4.67. The van der Waals surface area contributed by atoms with E-state index in [1.807, 2.05) is 0 Å². The highest BCUT2D eigenvalue weighted by Gasteiger charge is 2.34. The number of carbonyl (C=O) groups excluding carboxylic acids is 1. The molecule has 2 heterocycles. The molecular formula is C17H21F3N2O2. The van der Waals surface area contributed by atoms with Gasteiger partial charge >= 0.3 is 6.36 Å². The van der Waals surface area contributed by atoms with E-state index in [9.17, 15) is 18.0 Å². The number of alkyl halides is 3. The van der Waals surface area contributed by atoms with Crippen LogP contribution in [0.5, 0.6) is 5.75 Å². The first-order valence-electron chi connectivity index (χ1n) is 8.34. The molecule has 0 spiro atoms. The zero-order valence-corrected chi connectivity index (χ0v) is 13.4. The van der Waals surface area contributed by atoms with E-state index in [0.717, 1.165) is 44.3 Å². The molecule has 0 radical (unpaired) electrons. The number of piperidine rings is 1. The number of ether oxygens (including phenoxy) is 1. The fourth-order valence-corrected chi connectivity index (χ4v) is 3.42. The third kappa shape index (κ3) is 4.01. The van der Waals surface area contributed by atoms with Crippen molar-refractivity contribution in [2.75, 3.05) is 26.2 Å². The molecule has 1 amide bonds. The summed E-state index contributed by atoms with van der Waals surface area (Å²) in [5, 5.41) is 3.23. The van der Waals surface area contributed by atoms with E-state index in [2.05, 4.69) is 10.1 Å². The minimum atomic E-state index is -4.81. The number of carbonyl (C=O) groups is 1. The molecule has 2 fully saturated rings. The zero-order valence-electron chi connectivity index (χ0n) is 13.4. The molecule has 0 unspecified atom stereocenters. The van der Waals surface area contributed by atoms with Crippen molar-refractivity contribution in [1.82, 2.24) is 10.2 Å². The maximum absolute atomic E-state index is 12.8. The van der Waals surface area contributed by atoms with Crippen molar-refractivity contribution >= 4 is 5.91 Å². The van der Waals surface area contributed by atoms with Gasteiger partial charge in [0.2, 0.25) is 0 Å². The molecule has 2 saturated heterocycles. The minimum absolute atomic E-state index is 0.00749. The van der Waals surface area contributed by atoms with Crippen molar-refractivity contribution in [3.63, 3.8) is 0 Å². The van der Waals surface area contributed by atoms with Crippen molar-refractivity contribution in [1.29, 1.82) is 0 Å². The van der Waals surface area contributed by atoms with E-state index in [1.54, 1.807) is 11.0 Å². The predicted molar refractivity (Wildman–Crippen MR) is 83.1 cm³/mol. The molecule has 2 aliphatic rings. The maximum atomic E-state index is 12.8. The van der Waals surface area contributed by atoms with Crippen LogP contribution in [0.4, 0.5) is 13.2 Å². The fourth-order valence-electron chi connectivity index (χ4n) is 3.42. The minimum Gasteiger partial charge on any atom is -0.405 e. The molecule has 0 aliphatic carbocycles. The SMILES string of the molecule is O=C(c1ccc(C2CCNCC2)cc1OC(F)(F)F)N1CCCC1. The number of amides is 1. The molecule has 0 saturated carbocycles. The Kier molecular flexibility index (Phi) is 4.99. The summed E-state index contributed by atoms with van der Waals surface area (Å²) in [6.07, 6.45) is -1.31. The average molecular weight is 342 g/mol. The largest absolute Gasteiger partial charge is 0.573 e. The van der Waals surface area contributed by atoms with Gasteiger partial charge in [0.15, 0.2) is 0 Å². The molecule has 1 aromatic carbocycles. The number of hydrogen-bond donors (Lipinski definition) is 1. The highest BCUT2D eigenvalue weighted by molar-refractivity contribution is 5.97. The fraction of sp³-hybridized carbons (Fsp3) is 0.588. The van der Waals surface area contributed by atoms with Gasteiger partial charge in [-0.1, -0.05) is 6.07 Å². The van der Waals surface area contributed by atoms with Crippen LogP contribution in [-0.4, -0.2) is 43.3 Å². The van der Waals surface area contributed by atoms with Gasteiger partial charge in [-0.2, -0.15) is 0 Å². The molecule has 3 rings (SSSR count).